The molecular formula is C15H15ClN2O3. The number of carbonyl (C=O) groups is 1. The van der Waals surface area contributed by atoms with Crippen molar-refractivity contribution < 1.29 is 14.3 Å². The summed E-state index contributed by atoms with van der Waals surface area (Å²) in [6.45, 7) is 0. The molecular weight excluding hydrogens is 292 g/mol. The molecule has 0 spiro atoms. The van der Waals surface area contributed by atoms with Crippen LogP contribution in [0.5, 0.6) is 11.5 Å². The molecule has 0 radical (unpaired) electrons. The molecule has 6 heteroatoms. The maximum Gasteiger partial charge on any atom is 0.230 e. The quantitative estimate of drug-likeness (QED) is 0.922. The fourth-order valence-corrected chi connectivity index (χ4v) is 2.05. The third-order valence-electron chi connectivity index (χ3n) is 2.82. The topological polar surface area (TPSA) is 60.5 Å². The largest absolute Gasteiger partial charge is 0.495 e. The van der Waals surface area contributed by atoms with Crippen LogP contribution in [0.2, 0.25) is 5.02 Å². The molecule has 2 rings (SSSR count). The molecule has 1 heterocycles. The fourth-order valence-electron chi connectivity index (χ4n) is 1.82. The molecule has 0 fully saturated rings. The number of rotatable bonds is 5. The molecule has 5 nitrogen and oxygen atoms in total. The van der Waals surface area contributed by atoms with E-state index in [4.69, 9.17) is 21.1 Å². The van der Waals surface area contributed by atoms with Crippen molar-refractivity contribution in [2.24, 2.45) is 0 Å². The van der Waals surface area contributed by atoms with Crippen LogP contribution >= 0.6 is 11.6 Å². The predicted molar refractivity (Wildman–Crippen MR) is 81.1 cm³/mol. The summed E-state index contributed by atoms with van der Waals surface area (Å²) in [6, 6.07) is 8.64. The molecule has 1 N–H and O–H groups in total. The number of carbonyl (C=O) groups excluding carboxylic acids is 1. The number of nitrogens with zero attached hydrogens (tertiary/aromatic N) is 1. The summed E-state index contributed by atoms with van der Waals surface area (Å²) in [7, 11) is 3.01. The minimum atomic E-state index is -0.198. The first kappa shape index (κ1) is 15.1. The Labute approximate surface area is 127 Å². The highest BCUT2D eigenvalue weighted by Gasteiger charge is 2.13. The lowest BCUT2D eigenvalue weighted by Crippen LogP contribution is -2.15. The maximum absolute atomic E-state index is 12.1. The monoisotopic (exact) mass is 306 g/mol. The van der Waals surface area contributed by atoms with Crippen LogP contribution < -0.4 is 14.8 Å². The van der Waals surface area contributed by atoms with Crippen molar-refractivity contribution in [3.8, 4) is 11.5 Å². The molecule has 0 unspecified atom stereocenters. The van der Waals surface area contributed by atoms with Gasteiger partial charge in [0, 0.05) is 24.0 Å². The number of ether oxygens (including phenoxy) is 2. The van der Waals surface area contributed by atoms with E-state index >= 15 is 0 Å². The number of nitrogens with one attached hydrogen (secondary N) is 1. The second-order valence-electron chi connectivity index (χ2n) is 4.23. The zero-order valence-corrected chi connectivity index (χ0v) is 12.5. The fraction of sp³-hybridized carbons (Fsp3) is 0.200. The zero-order valence-electron chi connectivity index (χ0n) is 11.7. The van der Waals surface area contributed by atoms with Gasteiger partial charge in [-0.2, -0.15) is 0 Å². The second kappa shape index (κ2) is 6.95. The third kappa shape index (κ3) is 3.86. The standard InChI is InChI=1S/C15H15ClN2O3/c1-20-13-9-12(14(21-2)8-11(13)16)18-15(19)7-10-5-3-4-6-17-10/h3-6,8-9H,7H2,1-2H3,(H,18,19). The van der Waals surface area contributed by atoms with Gasteiger partial charge in [-0.15, -0.1) is 0 Å². The van der Waals surface area contributed by atoms with E-state index in [-0.39, 0.29) is 12.3 Å². The number of amides is 1. The van der Waals surface area contributed by atoms with Gasteiger partial charge in [-0.25, -0.2) is 0 Å². The van der Waals surface area contributed by atoms with Gasteiger partial charge in [-0.05, 0) is 12.1 Å². The highest BCUT2D eigenvalue weighted by Crippen LogP contribution is 2.35. The minimum absolute atomic E-state index is 0.176. The summed E-state index contributed by atoms with van der Waals surface area (Å²) in [5, 5.41) is 3.18. The molecule has 1 aromatic heterocycles. The van der Waals surface area contributed by atoms with Gasteiger partial charge in [0.25, 0.3) is 0 Å². The Morgan fingerprint density at radius 2 is 2.00 bits per heavy atom. The average Bonchev–Trinajstić information content (AvgIpc) is 2.49. The summed E-state index contributed by atoms with van der Waals surface area (Å²) in [5.41, 5.74) is 1.19. The number of halogens is 1. The van der Waals surface area contributed by atoms with Crippen molar-refractivity contribution in [2.45, 2.75) is 6.42 Å². The van der Waals surface area contributed by atoms with Crippen molar-refractivity contribution in [1.29, 1.82) is 0 Å². The van der Waals surface area contributed by atoms with Crippen LogP contribution in [0.3, 0.4) is 0 Å². The minimum Gasteiger partial charge on any atom is -0.495 e. The van der Waals surface area contributed by atoms with Crippen molar-refractivity contribution in [3.63, 3.8) is 0 Å². The zero-order chi connectivity index (χ0) is 15.2. The molecule has 0 saturated carbocycles. The van der Waals surface area contributed by atoms with E-state index in [0.717, 1.165) is 0 Å². The number of hydrogen-bond acceptors (Lipinski definition) is 4. The van der Waals surface area contributed by atoms with Gasteiger partial charge in [0.15, 0.2) is 0 Å². The number of benzene rings is 1. The van der Waals surface area contributed by atoms with E-state index in [1.807, 2.05) is 6.07 Å². The summed E-state index contributed by atoms with van der Waals surface area (Å²) in [5.74, 6) is 0.733. The lowest BCUT2D eigenvalue weighted by atomic mass is 10.2. The van der Waals surface area contributed by atoms with Gasteiger partial charge in [0.1, 0.15) is 11.5 Å². The van der Waals surface area contributed by atoms with E-state index in [2.05, 4.69) is 10.3 Å². The lowest BCUT2D eigenvalue weighted by molar-refractivity contribution is -0.115. The molecule has 0 bridgehead atoms. The highest BCUT2D eigenvalue weighted by molar-refractivity contribution is 6.32. The van der Waals surface area contributed by atoms with Crippen molar-refractivity contribution in [3.05, 3.63) is 47.2 Å². The number of hydrogen-bond donors (Lipinski definition) is 1. The van der Waals surface area contributed by atoms with Crippen LogP contribution in [0.15, 0.2) is 36.5 Å². The summed E-state index contributed by atoms with van der Waals surface area (Å²) >= 11 is 6.02. The van der Waals surface area contributed by atoms with Gasteiger partial charge in [0.05, 0.1) is 31.4 Å². The van der Waals surface area contributed by atoms with E-state index in [1.165, 1.54) is 14.2 Å². The van der Waals surface area contributed by atoms with Gasteiger partial charge in [0.2, 0.25) is 5.91 Å². The molecule has 0 aliphatic carbocycles. The first-order chi connectivity index (χ1) is 10.1. The number of anilines is 1. The van der Waals surface area contributed by atoms with Crippen LogP contribution in [0.4, 0.5) is 5.69 Å². The molecule has 21 heavy (non-hydrogen) atoms. The molecule has 0 saturated heterocycles. The van der Waals surface area contributed by atoms with Crippen molar-refractivity contribution in [2.75, 3.05) is 19.5 Å². The van der Waals surface area contributed by atoms with Gasteiger partial charge < -0.3 is 14.8 Å². The molecule has 2 aromatic rings. The SMILES string of the molecule is COc1cc(NC(=O)Cc2ccccn2)c(OC)cc1Cl. The molecule has 0 aliphatic rings. The van der Waals surface area contributed by atoms with Crippen LogP contribution in [0, 0.1) is 0 Å². The number of aromatic nitrogens is 1. The Hall–Kier alpha value is -2.27. The molecule has 110 valence electrons. The van der Waals surface area contributed by atoms with Crippen LogP contribution in [0.25, 0.3) is 0 Å². The Morgan fingerprint density at radius 3 is 2.62 bits per heavy atom. The van der Waals surface area contributed by atoms with E-state index < -0.39 is 0 Å². The van der Waals surface area contributed by atoms with E-state index in [0.29, 0.717) is 27.9 Å². The average molecular weight is 307 g/mol. The lowest BCUT2D eigenvalue weighted by Gasteiger charge is -2.13. The number of pyridine rings is 1. The normalized spacial score (nSPS) is 10.0. The third-order valence-corrected chi connectivity index (χ3v) is 3.11. The van der Waals surface area contributed by atoms with Crippen LogP contribution in [-0.2, 0) is 11.2 Å². The summed E-state index contributed by atoms with van der Waals surface area (Å²) in [6.07, 6.45) is 1.82. The maximum atomic E-state index is 12.1. The van der Waals surface area contributed by atoms with Gasteiger partial charge >= 0.3 is 0 Å². The Morgan fingerprint density at radius 1 is 1.24 bits per heavy atom. The van der Waals surface area contributed by atoms with Crippen LogP contribution in [-0.4, -0.2) is 25.1 Å². The summed E-state index contributed by atoms with van der Waals surface area (Å²) < 4.78 is 10.3. The van der Waals surface area contributed by atoms with Crippen LogP contribution in [0.1, 0.15) is 5.69 Å². The Bertz CT molecular complexity index is 632. The van der Waals surface area contributed by atoms with E-state index in [9.17, 15) is 4.79 Å². The smallest absolute Gasteiger partial charge is 0.230 e. The van der Waals surface area contributed by atoms with Crippen molar-refractivity contribution in [1.82, 2.24) is 4.98 Å². The molecule has 0 aliphatic heterocycles. The Balaban J connectivity index is 2.16. The molecule has 0 atom stereocenters. The first-order valence-corrected chi connectivity index (χ1v) is 6.63. The van der Waals surface area contributed by atoms with Gasteiger partial charge in [-0.3, -0.25) is 9.78 Å². The van der Waals surface area contributed by atoms with Crippen molar-refractivity contribution >= 4 is 23.2 Å². The predicted octanol–water partition coefficient (Wildman–Crippen LogP) is 2.93. The highest BCUT2D eigenvalue weighted by atomic mass is 35.5. The first-order valence-electron chi connectivity index (χ1n) is 6.25. The molecule has 1 aromatic carbocycles. The van der Waals surface area contributed by atoms with Gasteiger partial charge in [-0.1, -0.05) is 17.7 Å². The second-order valence-corrected chi connectivity index (χ2v) is 4.64. The summed E-state index contributed by atoms with van der Waals surface area (Å²) in [4.78, 5) is 16.2. The number of methoxy groups -OCH3 is 2. The molecule has 1 amide bonds. The Kier molecular flexibility index (Phi) is 5.00. The van der Waals surface area contributed by atoms with E-state index in [1.54, 1.807) is 30.5 Å².